The van der Waals surface area contributed by atoms with E-state index in [1.165, 1.54) is 12.8 Å². The van der Waals surface area contributed by atoms with Crippen LogP contribution in [-0.4, -0.2) is 29.6 Å². The third-order valence-corrected chi connectivity index (χ3v) is 3.53. The van der Waals surface area contributed by atoms with Crippen molar-refractivity contribution >= 4 is 0 Å². The molecule has 0 saturated heterocycles. The highest BCUT2D eigenvalue weighted by Gasteiger charge is 2.30. The van der Waals surface area contributed by atoms with Gasteiger partial charge in [-0.05, 0) is 58.2 Å². The van der Waals surface area contributed by atoms with Gasteiger partial charge < -0.3 is 9.73 Å². The van der Waals surface area contributed by atoms with Gasteiger partial charge >= 0.3 is 0 Å². The fraction of sp³-hybridized carbons (Fsp3) is 0.750. The lowest BCUT2D eigenvalue weighted by Crippen LogP contribution is -2.41. The van der Waals surface area contributed by atoms with Crippen molar-refractivity contribution < 1.29 is 4.42 Å². The maximum Gasteiger partial charge on any atom is 0.117 e. The molecule has 1 fully saturated rings. The first-order chi connectivity index (χ1) is 8.94. The molecule has 0 spiro atoms. The van der Waals surface area contributed by atoms with Crippen molar-refractivity contribution in [3.63, 3.8) is 0 Å². The highest BCUT2D eigenvalue weighted by atomic mass is 16.3. The van der Waals surface area contributed by atoms with Gasteiger partial charge in [0.05, 0.1) is 12.8 Å². The molecule has 1 heterocycles. The molecule has 1 aliphatic carbocycles. The summed E-state index contributed by atoms with van der Waals surface area (Å²) in [6.45, 7) is 12.2. The van der Waals surface area contributed by atoms with Crippen LogP contribution in [0.15, 0.2) is 22.8 Å². The number of furan rings is 1. The van der Waals surface area contributed by atoms with Gasteiger partial charge in [-0.3, -0.25) is 4.90 Å². The van der Waals surface area contributed by atoms with E-state index in [9.17, 15) is 0 Å². The molecule has 1 aromatic heterocycles. The van der Waals surface area contributed by atoms with Crippen molar-refractivity contribution in [2.24, 2.45) is 5.92 Å². The summed E-state index contributed by atoms with van der Waals surface area (Å²) < 4.78 is 5.48. The molecule has 1 unspecified atom stereocenters. The summed E-state index contributed by atoms with van der Waals surface area (Å²) in [6, 6.07) is 4.83. The van der Waals surface area contributed by atoms with Crippen molar-refractivity contribution in [2.75, 3.05) is 13.1 Å². The first-order valence-corrected chi connectivity index (χ1v) is 7.45. The first-order valence-electron chi connectivity index (χ1n) is 7.45. The van der Waals surface area contributed by atoms with E-state index in [0.29, 0.717) is 5.92 Å². The van der Waals surface area contributed by atoms with Gasteiger partial charge in [-0.1, -0.05) is 6.92 Å². The average Bonchev–Trinajstić information content (AvgIpc) is 3.04. The minimum absolute atomic E-state index is 0.208. The van der Waals surface area contributed by atoms with Gasteiger partial charge in [0.2, 0.25) is 0 Å². The second kappa shape index (κ2) is 6.10. The summed E-state index contributed by atoms with van der Waals surface area (Å²) >= 11 is 0. The van der Waals surface area contributed by atoms with Crippen LogP contribution in [0.5, 0.6) is 0 Å². The normalized spacial score (nSPS) is 17.9. The van der Waals surface area contributed by atoms with Crippen LogP contribution in [0.2, 0.25) is 0 Å². The van der Waals surface area contributed by atoms with E-state index >= 15 is 0 Å². The molecule has 0 aromatic carbocycles. The molecule has 1 N–H and O–H groups in total. The lowest BCUT2D eigenvalue weighted by molar-refractivity contribution is 0.196. The average molecular weight is 264 g/mol. The Morgan fingerprint density at radius 2 is 2.16 bits per heavy atom. The molecule has 1 atom stereocenters. The van der Waals surface area contributed by atoms with Crippen LogP contribution >= 0.6 is 0 Å². The van der Waals surface area contributed by atoms with E-state index in [4.69, 9.17) is 4.42 Å². The molecule has 0 amide bonds. The summed E-state index contributed by atoms with van der Waals surface area (Å²) in [7, 11) is 0. The Morgan fingerprint density at radius 3 is 2.68 bits per heavy atom. The van der Waals surface area contributed by atoms with Crippen LogP contribution in [0.4, 0.5) is 0 Å². The van der Waals surface area contributed by atoms with Gasteiger partial charge in [-0.25, -0.2) is 0 Å². The number of hydrogen-bond acceptors (Lipinski definition) is 3. The largest absolute Gasteiger partial charge is 0.468 e. The first kappa shape index (κ1) is 14.6. The minimum Gasteiger partial charge on any atom is -0.468 e. The monoisotopic (exact) mass is 264 g/mol. The molecule has 3 nitrogen and oxygen atoms in total. The number of nitrogens with one attached hydrogen (secondary N) is 1. The van der Waals surface area contributed by atoms with E-state index in [-0.39, 0.29) is 5.54 Å². The number of hydrogen-bond donors (Lipinski definition) is 1. The molecule has 108 valence electrons. The van der Waals surface area contributed by atoms with Crippen LogP contribution in [0.25, 0.3) is 0 Å². The van der Waals surface area contributed by atoms with Crippen molar-refractivity contribution in [3.05, 3.63) is 24.2 Å². The molecule has 0 radical (unpaired) electrons. The Kier molecular flexibility index (Phi) is 4.69. The van der Waals surface area contributed by atoms with Crippen LogP contribution in [0.1, 0.15) is 46.3 Å². The van der Waals surface area contributed by atoms with Gasteiger partial charge in [-0.2, -0.15) is 0 Å². The lowest BCUT2D eigenvalue weighted by atomic mass is 10.1. The third-order valence-electron chi connectivity index (χ3n) is 3.53. The molecule has 3 heteroatoms. The van der Waals surface area contributed by atoms with Crippen LogP contribution in [0.3, 0.4) is 0 Å². The summed E-state index contributed by atoms with van der Waals surface area (Å²) in [4.78, 5) is 2.58. The Hall–Kier alpha value is -0.800. The molecule has 2 rings (SSSR count). The summed E-state index contributed by atoms with van der Waals surface area (Å²) in [5, 5.41) is 3.60. The summed E-state index contributed by atoms with van der Waals surface area (Å²) in [6.07, 6.45) is 4.46. The van der Waals surface area contributed by atoms with Crippen LogP contribution in [0, 0.1) is 5.92 Å². The zero-order chi connectivity index (χ0) is 13.9. The molecule has 1 aliphatic rings. The molecular formula is C16H28N2O. The van der Waals surface area contributed by atoms with Crippen molar-refractivity contribution in [1.82, 2.24) is 10.2 Å². The quantitative estimate of drug-likeness (QED) is 0.819. The SMILES string of the molecule is CC(CNC(C)(C)C)CN(Cc1ccco1)C1CC1. The fourth-order valence-corrected chi connectivity index (χ4v) is 2.33. The lowest BCUT2D eigenvalue weighted by Gasteiger charge is -2.28. The van der Waals surface area contributed by atoms with E-state index < -0.39 is 0 Å². The number of nitrogens with zero attached hydrogens (tertiary/aromatic N) is 1. The van der Waals surface area contributed by atoms with Crippen LogP contribution in [-0.2, 0) is 6.54 Å². The standard InChI is InChI=1S/C16H28N2O/c1-13(10-17-16(2,3)4)11-18(14-7-8-14)12-15-6-5-9-19-15/h5-6,9,13-14,17H,7-8,10-12H2,1-4H3. The van der Waals surface area contributed by atoms with E-state index in [0.717, 1.165) is 31.4 Å². The smallest absolute Gasteiger partial charge is 0.117 e. The molecule has 19 heavy (non-hydrogen) atoms. The second-order valence-electron chi connectivity index (χ2n) is 6.98. The molecular weight excluding hydrogens is 236 g/mol. The Morgan fingerprint density at radius 1 is 1.42 bits per heavy atom. The summed E-state index contributed by atoms with van der Waals surface area (Å²) in [5.74, 6) is 1.75. The maximum absolute atomic E-state index is 5.48. The van der Waals surface area contributed by atoms with Gasteiger partial charge in [0.1, 0.15) is 5.76 Å². The third kappa shape index (κ3) is 5.37. The highest BCUT2D eigenvalue weighted by Crippen LogP contribution is 2.29. The zero-order valence-electron chi connectivity index (χ0n) is 12.8. The molecule has 1 saturated carbocycles. The highest BCUT2D eigenvalue weighted by molar-refractivity contribution is 5.00. The van der Waals surface area contributed by atoms with E-state index in [2.05, 4.69) is 44.0 Å². The minimum atomic E-state index is 0.208. The molecule has 0 bridgehead atoms. The number of rotatable bonds is 7. The molecule has 0 aliphatic heterocycles. The molecule has 1 aromatic rings. The predicted octanol–water partition coefficient (Wildman–Crippen LogP) is 3.27. The zero-order valence-corrected chi connectivity index (χ0v) is 12.8. The van der Waals surface area contributed by atoms with Crippen LogP contribution < -0.4 is 5.32 Å². The van der Waals surface area contributed by atoms with E-state index in [1.54, 1.807) is 6.26 Å². The van der Waals surface area contributed by atoms with Gasteiger partial charge in [0.25, 0.3) is 0 Å². The Balaban J connectivity index is 1.79. The Bertz CT molecular complexity index is 363. The maximum atomic E-state index is 5.48. The summed E-state index contributed by atoms with van der Waals surface area (Å²) in [5.41, 5.74) is 0.208. The van der Waals surface area contributed by atoms with Gasteiger partial charge in [-0.15, -0.1) is 0 Å². The van der Waals surface area contributed by atoms with Gasteiger partial charge in [0, 0.05) is 18.1 Å². The van der Waals surface area contributed by atoms with Crippen molar-refractivity contribution in [1.29, 1.82) is 0 Å². The fourth-order valence-electron chi connectivity index (χ4n) is 2.33. The van der Waals surface area contributed by atoms with Crippen molar-refractivity contribution in [2.45, 2.75) is 58.7 Å². The Labute approximate surface area is 117 Å². The van der Waals surface area contributed by atoms with E-state index in [1.807, 2.05) is 6.07 Å². The van der Waals surface area contributed by atoms with Crippen molar-refractivity contribution in [3.8, 4) is 0 Å². The predicted molar refractivity (Wildman–Crippen MR) is 79.1 cm³/mol. The van der Waals surface area contributed by atoms with Gasteiger partial charge in [0.15, 0.2) is 0 Å². The topological polar surface area (TPSA) is 28.4 Å². The second-order valence-corrected chi connectivity index (χ2v) is 6.98.